The lowest BCUT2D eigenvalue weighted by Gasteiger charge is -2.29. The van der Waals surface area contributed by atoms with Gasteiger partial charge in [-0.1, -0.05) is 37.5 Å². The first-order valence-electron chi connectivity index (χ1n) is 8.31. The molecule has 0 radical (unpaired) electrons. The highest BCUT2D eigenvalue weighted by Gasteiger charge is 2.24. The number of allylic oxidation sites excluding steroid dienone is 3. The number of hydrogen-bond acceptors (Lipinski definition) is 5. The number of hydrogen-bond donors (Lipinski definition) is 1. The van der Waals surface area contributed by atoms with E-state index in [-0.39, 0.29) is 23.8 Å². The van der Waals surface area contributed by atoms with Crippen LogP contribution in [0.15, 0.2) is 28.0 Å². The third-order valence-corrected chi connectivity index (χ3v) is 5.21. The van der Waals surface area contributed by atoms with Gasteiger partial charge in [0.05, 0.1) is 18.8 Å². The SMILES string of the molecule is ON(c1nc(OCC2C=CC(I)=CC2)ncc1F)C1CCCCC1. The Morgan fingerprint density at radius 2 is 2.12 bits per heavy atom. The first kappa shape index (κ1) is 17.6. The number of hydroxylamine groups is 1. The number of rotatable bonds is 5. The van der Waals surface area contributed by atoms with E-state index in [9.17, 15) is 9.60 Å². The van der Waals surface area contributed by atoms with Crippen LogP contribution in [0.1, 0.15) is 38.5 Å². The van der Waals surface area contributed by atoms with Crippen LogP contribution in [0.5, 0.6) is 6.01 Å². The van der Waals surface area contributed by atoms with Gasteiger partial charge in [-0.15, -0.1) is 0 Å². The molecule has 0 spiro atoms. The Balaban J connectivity index is 1.64. The minimum atomic E-state index is -0.634. The molecule has 7 heteroatoms. The summed E-state index contributed by atoms with van der Waals surface area (Å²) in [6, 6.07) is 0.00315. The second kappa shape index (κ2) is 8.24. The minimum Gasteiger partial charge on any atom is -0.463 e. The van der Waals surface area contributed by atoms with Crippen molar-refractivity contribution in [3.05, 3.63) is 33.8 Å². The molecule has 1 aromatic rings. The van der Waals surface area contributed by atoms with Crippen LogP contribution >= 0.6 is 22.6 Å². The summed E-state index contributed by atoms with van der Waals surface area (Å²) in [6.45, 7) is 0.427. The van der Waals surface area contributed by atoms with Crippen molar-refractivity contribution in [3.63, 3.8) is 0 Å². The van der Waals surface area contributed by atoms with Crippen molar-refractivity contribution in [2.24, 2.45) is 5.92 Å². The van der Waals surface area contributed by atoms with E-state index < -0.39 is 5.82 Å². The molecule has 1 N–H and O–H groups in total. The zero-order chi connectivity index (χ0) is 16.9. The molecule has 3 rings (SSSR count). The second-order valence-corrected chi connectivity index (χ2v) is 7.46. The molecule has 1 heterocycles. The van der Waals surface area contributed by atoms with Crippen molar-refractivity contribution in [2.45, 2.75) is 44.6 Å². The zero-order valence-corrected chi connectivity index (χ0v) is 15.5. The first-order chi connectivity index (χ1) is 11.6. The van der Waals surface area contributed by atoms with E-state index in [1.807, 2.05) is 6.08 Å². The predicted octanol–water partition coefficient (Wildman–Crippen LogP) is 4.42. The zero-order valence-electron chi connectivity index (χ0n) is 13.4. The number of anilines is 1. The van der Waals surface area contributed by atoms with Crippen molar-refractivity contribution in [1.82, 2.24) is 9.97 Å². The summed E-state index contributed by atoms with van der Waals surface area (Å²) in [5, 5.41) is 11.3. The van der Waals surface area contributed by atoms with Gasteiger partial charge >= 0.3 is 6.01 Å². The maximum absolute atomic E-state index is 14.0. The minimum absolute atomic E-state index is 0.0931. The molecular weight excluding hydrogens is 424 g/mol. The molecule has 0 amide bonds. The van der Waals surface area contributed by atoms with Crippen LogP contribution in [0.3, 0.4) is 0 Å². The fraction of sp³-hybridized carbons (Fsp3) is 0.529. The standard InChI is InChI=1S/C17H21FIN3O2/c18-15-10-20-17(24-11-12-6-8-13(19)9-7-12)21-16(15)22(23)14-4-2-1-3-5-14/h6,8-10,12,14,23H,1-5,7,11H2. The predicted molar refractivity (Wildman–Crippen MR) is 98.0 cm³/mol. The third kappa shape index (κ3) is 4.44. The molecule has 1 aromatic heterocycles. The summed E-state index contributed by atoms with van der Waals surface area (Å²) in [5.74, 6) is -0.477. The van der Waals surface area contributed by atoms with Gasteiger partial charge in [0.1, 0.15) is 0 Å². The van der Waals surface area contributed by atoms with Gasteiger partial charge in [0.15, 0.2) is 11.6 Å². The Hall–Kier alpha value is -1.22. The summed E-state index contributed by atoms with van der Waals surface area (Å²) in [6.07, 6.45) is 13.2. The summed E-state index contributed by atoms with van der Waals surface area (Å²) < 4.78 is 20.8. The van der Waals surface area contributed by atoms with E-state index in [1.54, 1.807) is 0 Å². The maximum atomic E-state index is 14.0. The highest BCUT2D eigenvalue weighted by atomic mass is 127. The summed E-state index contributed by atoms with van der Waals surface area (Å²) in [4.78, 5) is 7.95. The number of nitrogens with zero attached hydrogens (tertiary/aromatic N) is 3. The molecule has 24 heavy (non-hydrogen) atoms. The van der Waals surface area contributed by atoms with Gasteiger partial charge in [-0.3, -0.25) is 5.21 Å². The van der Waals surface area contributed by atoms with Crippen molar-refractivity contribution < 1.29 is 14.3 Å². The Morgan fingerprint density at radius 1 is 1.33 bits per heavy atom. The van der Waals surface area contributed by atoms with Crippen molar-refractivity contribution in [1.29, 1.82) is 0 Å². The molecule has 0 saturated heterocycles. The van der Waals surface area contributed by atoms with Crippen LogP contribution in [0.2, 0.25) is 0 Å². The topological polar surface area (TPSA) is 58.5 Å². The fourth-order valence-corrected chi connectivity index (χ4v) is 3.48. The molecule has 1 atom stereocenters. The summed E-state index contributed by atoms with van der Waals surface area (Å²) >= 11 is 2.28. The average molecular weight is 445 g/mol. The highest BCUT2D eigenvalue weighted by Crippen LogP contribution is 2.27. The Labute approximate surface area is 154 Å². The molecule has 1 unspecified atom stereocenters. The van der Waals surface area contributed by atoms with Crippen LogP contribution in [0, 0.1) is 11.7 Å². The van der Waals surface area contributed by atoms with Crippen molar-refractivity contribution in [2.75, 3.05) is 11.7 Å². The molecule has 130 valence electrons. The van der Waals surface area contributed by atoms with E-state index in [0.29, 0.717) is 6.61 Å². The van der Waals surface area contributed by atoms with Gasteiger partial charge in [0.2, 0.25) is 0 Å². The summed E-state index contributed by atoms with van der Waals surface area (Å²) in [5.41, 5.74) is 0. The number of halogens is 2. The number of aromatic nitrogens is 2. The van der Waals surface area contributed by atoms with Crippen LogP contribution in [-0.2, 0) is 0 Å². The normalized spacial score (nSPS) is 21.5. The molecule has 1 saturated carbocycles. The van der Waals surface area contributed by atoms with E-state index >= 15 is 0 Å². The molecular formula is C17H21FIN3O2. The highest BCUT2D eigenvalue weighted by molar-refractivity contribution is 14.1. The van der Waals surface area contributed by atoms with Crippen molar-refractivity contribution in [3.8, 4) is 6.01 Å². The third-order valence-electron chi connectivity index (χ3n) is 4.41. The second-order valence-electron chi connectivity index (χ2n) is 6.22. The molecule has 0 bridgehead atoms. The van der Waals surface area contributed by atoms with Crippen LogP contribution in [0.4, 0.5) is 10.2 Å². The van der Waals surface area contributed by atoms with Gasteiger partial charge in [-0.05, 0) is 41.9 Å². The molecule has 2 aliphatic carbocycles. The van der Waals surface area contributed by atoms with Crippen LogP contribution in [-0.4, -0.2) is 27.8 Å². The first-order valence-corrected chi connectivity index (χ1v) is 9.38. The Kier molecular flexibility index (Phi) is 6.04. The molecule has 0 aromatic carbocycles. The number of ether oxygens (including phenoxy) is 1. The van der Waals surface area contributed by atoms with Gasteiger partial charge in [0, 0.05) is 9.50 Å². The van der Waals surface area contributed by atoms with Gasteiger partial charge in [-0.25, -0.2) is 14.4 Å². The average Bonchev–Trinajstić information content (AvgIpc) is 2.62. The monoisotopic (exact) mass is 445 g/mol. The Morgan fingerprint density at radius 3 is 2.83 bits per heavy atom. The van der Waals surface area contributed by atoms with Crippen molar-refractivity contribution >= 4 is 28.4 Å². The molecule has 5 nitrogen and oxygen atoms in total. The van der Waals surface area contributed by atoms with Crippen LogP contribution < -0.4 is 9.80 Å². The lowest BCUT2D eigenvalue weighted by atomic mass is 9.95. The van der Waals surface area contributed by atoms with Gasteiger partial charge < -0.3 is 4.74 Å². The van der Waals surface area contributed by atoms with E-state index in [4.69, 9.17) is 4.74 Å². The molecule has 0 aliphatic heterocycles. The van der Waals surface area contributed by atoms with E-state index in [2.05, 4.69) is 44.7 Å². The van der Waals surface area contributed by atoms with E-state index in [0.717, 1.165) is 49.8 Å². The van der Waals surface area contributed by atoms with Gasteiger partial charge in [-0.2, -0.15) is 4.98 Å². The smallest absolute Gasteiger partial charge is 0.318 e. The molecule has 2 aliphatic rings. The fourth-order valence-electron chi connectivity index (χ4n) is 3.01. The lowest BCUT2D eigenvalue weighted by Crippen LogP contribution is -2.35. The van der Waals surface area contributed by atoms with Gasteiger partial charge in [0.25, 0.3) is 0 Å². The van der Waals surface area contributed by atoms with Crippen LogP contribution in [0.25, 0.3) is 0 Å². The maximum Gasteiger partial charge on any atom is 0.318 e. The van der Waals surface area contributed by atoms with E-state index in [1.165, 1.54) is 3.58 Å². The Bertz CT molecular complexity index is 632. The quantitative estimate of drug-likeness (QED) is 0.538. The lowest BCUT2D eigenvalue weighted by molar-refractivity contribution is 0.181. The largest absolute Gasteiger partial charge is 0.463 e. The summed E-state index contributed by atoms with van der Waals surface area (Å²) in [7, 11) is 0. The molecule has 1 fully saturated rings.